The van der Waals surface area contributed by atoms with Crippen LogP contribution in [0.5, 0.6) is 23.0 Å². The molecular weight excluding hydrogens is 702 g/mol. The van der Waals surface area contributed by atoms with Crippen LogP contribution in [0.1, 0.15) is 24.0 Å². The second-order valence-electron chi connectivity index (χ2n) is 10.8. The Kier molecular flexibility index (Phi) is 12.0. The molecule has 0 saturated carbocycles. The van der Waals surface area contributed by atoms with Crippen LogP contribution in [-0.4, -0.2) is 70.4 Å². The number of alkyl halides is 6. The van der Waals surface area contributed by atoms with Gasteiger partial charge in [-0.3, -0.25) is 5.41 Å². The number of amidine groups is 1. The molecule has 270 valence electrons. The second kappa shape index (κ2) is 15.8. The smallest absolute Gasteiger partial charge is 0.490 e. The Hall–Kier alpha value is -4.88. The van der Waals surface area contributed by atoms with Crippen LogP contribution < -0.4 is 34.7 Å². The van der Waals surface area contributed by atoms with Gasteiger partial charge in [0.1, 0.15) is 24.3 Å². The van der Waals surface area contributed by atoms with E-state index < -0.39 is 75.6 Å². The lowest BCUT2D eigenvalue weighted by Crippen LogP contribution is -2.40. The molecule has 0 aromatic heterocycles. The minimum Gasteiger partial charge on any atom is -0.490 e. The molecule has 50 heavy (non-hydrogen) atoms. The van der Waals surface area contributed by atoms with Gasteiger partial charge in [0, 0.05) is 0 Å². The first-order valence-corrected chi connectivity index (χ1v) is 16.2. The summed E-state index contributed by atoms with van der Waals surface area (Å²) in [6.07, 6.45) is -9.84. The quantitative estimate of drug-likeness (QED) is 0.0660. The van der Waals surface area contributed by atoms with E-state index in [4.69, 9.17) is 20.6 Å². The van der Waals surface area contributed by atoms with Crippen LogP contribution in [0.4, 0.5) is 26.3 Å². The molecule has 4 rings (SSSR count). The summed E-state index contributed by atoms with van der Waals surface area (Å²) in [7, 11) is -4.31. The Morgan fingerprint density at radius 2 is 1.48 bits per heavy atom. The Bertz CT molecular complexity index is 1780. The molecule has 0 radical (unpaired) electrons. The molecule has 0 unspecified atom stereocenters. The summed E-state index contributed by atoms with van der Waals surface area (Å²) >= 11 is 0. The van der Waals surface area contributed by atoms with Gasteiger partial charge in [-0.25, -0.2) is 22.7 Å². The van der Waals surface area contributed by atoms with Gasteiger partial charge in [-0.15, -0.1) is 0 Å². The molecule has 1 atom stereocenters. The number of hydrogen-bond acceptors (Lipinski definition) is 10. The minimum absolute atomic E-state index is 0.0204. The van der Waals surface area contributed by atoms with Crippen LogP contribution in [0.25, 0.3) is 0 Å². The number of nitrogens with two attached hydrogens (primary N) is 1. The Labute approximate surface area is 281 Å². The lowest BCUT2D eigenvalue weighted by Gasteiger charge is -2.24. The molecule has 0 spiro atoms. The van der Waals surface area contributed by atoms with E-state index in [1.807, 2.05) is 0 Å². The normalized spacial score (nSPS) is 14.8. The fourth-order valence-electron chi connectivity index (χ4n) is 4.68. The molecule has 0 amide bonds. The fraction of sp³-hybridized carbons (Fsp3) is 0.323. The number of hydrogen-bond donors (Lipinski definition) is 4. The molecule has 3 aromatic rings. The van der Waals surface area contributed by atoms with Gasteiger partial charge in [-0.2, -0.15) is 26.3 Å². The maximum atomic E-state index is 13.3. The van der Waals surface area contributed by atoms with Gasteiger partial charge in [-0.05, 0) is 74.3 Å². The SMILES string of the molecule is N=C(N)c1ccc(OC(=O)C(F)(F)F)c(OC[C@H](Cc2ccc(OC3CCNCC3)cc2)NS(=O)(=O)c2ccccc2)c1OC(=O)C(F)(F)F. The third-order valence-corrected chi connectivity index (χ3v) is 8.56. The number of rotatable bonds is 13. The van der Waals surface area contributed by atoms with Crippen molar-refractivity contribution in [2.75, 3.05) is 19.7 Å². The summed E-state index contributed by atoms with van der Waals surface area (Å²) in [6, 6.07) is 13.5. The third kappa shape index (κ3) is 10.3. The minimum atomic E-state index is -5.64. The van der Waals surface area contributed by atoms with Gasteiger partial charge in [-0.1, -0.05) is 30.3 Å². The van der Waals surface area contributed by atoms with E-state index in [1.165, 1.54) is 24.3 Å². The van der Waals surface area contributed by atoms with Gasteiger partial charge < -0.3 is 30.0 Å². The number of halogens is 6. The van der Waals surface area contributed by atoms with Crippen molar-refractivity contribution in [1.29, 1.82) is 5.41 Å². The highest BCUT2D eigenvalue weighted by atomic mass is 32.2. The van der Waals surface area contributed by atoms with Crippen LogP contribution in [0.15, 0.2) is 71.6 Å². The number of nitrogens with one attached hydrogen (secondary N) is 3. The van der Waals surface area contributed by atoms with Crippen molar-refractivity contribution in [1.82, 2.24) is 10.0 Å². The molecule has 19 heteroatoms. The van der Waals surface area contributed by atoms with Crippen LogP contribution in [-0.2, 0) is 26.0 Å². The predicted octanol–water partition coefficient (Wildman–Crippen LogP) is 4.01. The van der Waals surface area contributed by atoms with E-state index in [9.17, 15) is 44.3 Å². The summed E-state index contributed by atoms with van der Waals surface area (Å²) in [4.78, 5) is 23.4. The lowest BCUT2D eigenvalue weighted by molar-refractivity contribution is -0.190. The second-order valence-corrected chi connectivity index (χ2v) is 12.5. The number of ether oxygens (including phenoxy) is 4. The summed E-state index contributed by atoms with van der Waals surface area (Å²) in [5.74, 6) is -9.84. The van der Waals surface area contributed by atoms with Crippen molar-refractivity contribution in [2.24, 2.45) is 5.73 Å². The maximum Gasteiger partial charge on any atom is 0.491 e. The van der Waals surface area contributed by atoms with Crippen LogP contribution >= 0.6 is 0 Å². The largest absolute Gasteiger partial charge is 0.491 e. The summed E-state index contributed by atoms with van der Waals surface area (Å²) in [5.41, 5.74) is 5.17. The van der Waals surface area contributed by atoms with Gasteiger partial charge in [0.05, 0.1) is 16.5 Å². The Morgan fingerprint density at radius 3 is 2.06 bits per heavy atom. The zero-order chi connectivity index (χ0) is 36.7. The zero-order valence-corrected chi connectivity index (χ0v) is 26.6. The Balaban J connectivity index is 1.70. The van der Waals surface area contributed by atoms with E-state index in [1.54, 1.807) is 30.3 Å². The molecule has 1 aliphatic heterocycles. The summed E-state index contributed by atoms with van der Waals surface area (Å²) in [5, 5.41) is 10.9. The number of sulfonamides is 1. The van der Waals surface area contributed by atoms with E-state index in [2.05, 4.69) is 19.5 Å². The van der Waals surface area contributed by atoms with E-state index in [-0.39, 0.29) is 17.4 Å². The molecule has 12 nitrogen and oxygen atoms in total. The highest BCUT2D eigenvalue weighted by molar-refractivity contribution is 7.89. The number of benzene rings is 3. The Morgan fingerprint density at radius 1 is 0.880 bits per heavy atom. The first-order chi connectivity index (χ1) is 23.4. The van der Waals surface area contributed by atoms with Crippen LogP contribution in [0.2, 0.25) is 0 Å². The van der Waals surface area contributed by atoms with E-state index in [0.717, 1.165) is 25.9 Å². The molecular formula is C31H30F6N4O8S. The highest BCUT2D eigenvalue weighted by Gasteiger charge is 2.44. The molecule has 3 aromatic carbocycles. The van der Waals surface area contributed by atoms with Crippen molar-refractivity contribution in [2.45, 2.75) is 48.7 Å². The first kappa shape index (κ1) is 37.9. The molecule has 5 N–H and O–H groups in total. The molecule has 1 aliphatic rings. The van der Waals surface area contributed by atoms with Crippen molar-refractivity contribution >= 4 is 27.8 Å². The topological polar surface area (TPSA) is 179 Å². The number of piperidine rings is 1. The monoisotopic (exact) mass is 732 g/mol. The lowest BCUT2D eigenvalue weighted by atomic mass is 10.1. The average Bonchev–Trinajstić information content (AvgIpc) is 3.05. The number of nitrogen functional groups attached to an aromatic ring is 1. The summed E-state index contributed by atoms with van der Waals surface area (Å²) < 4.78 is 128. The van der Waals surface area contributed by atoms with Gasteiger partial charge in [0.15, 0.2) is 11.5 Å². The molecule has 1 heterocycles. The van der Waals surface area contributed by atoms with Crippen LogP contribution in [0, 0.1) is 5.41 Å². The predicted molar refractivity (Wildman–Crippen MR) is 164 cm³/mol. The summed E-state index contributed by atoms with van der Waals surface area (Å²) in [6.45, 7) is 0.721. The molecule has 1 saturated heterocycles. The maximum absolute atomic E-state index is 13.3. The van der Waals surface area contributed by atoms with Gasteiger partial charge >= 0.3 is 24.3 Å². The molecule has 1 fully saturated rings. The van der Waals surface area contributed by atoms with Crippen molar-refractivity contribution in [3.63, 3.8) is 0 Å². The zero-order valence-electron chi connectivity index (χ0n) is 25.8. The number of esters is 2. The van der Waals surface area contributed by atoms with E-state index in [0.29, 0.717) is 23.4 Å². The average molecular weight is 733 g/mol. The highest BCUT2D eigenvalue weighted by Crippen LogP contribution is 2.42. The van der Waals surface area contributed by atoms with Crippen molar-refractivity contribution in [3.05, 3.63) is 77.9 Å². The number of carbonyl (C=O) groups excluding carboxylic acids is 2. The van der Waals surface area contributed by atoms with E-state index >= 15 is 0 Å². The van der Waals surface area contributed by atoms with Crippen molar-refractivity contribution in [3.8, 4) is 23.0 Å². The third-order valence-electron chi connectivity index (χ3n) is 7.03. The fourth-order valence-corrected chi connectivity index (χ4v) is 5.93. The molecule has 0 aliphatic carbocycles. The first-order valence-electron chi connectivity index (χ1n) is 14.7. The van der Waals surface area contributed by atoms with Crippen molar-refractivity contribution < 1.29 is 63.3 Å². The number of carbonyl (C=O) groups is 2. The van der Waals surface area contributed by atoms with Crippen LogP contribution in [0.3, 0.4) is 0 Å². The van der Waals surface area contributed by atoms with Gasteiger partial charge in [0.2, 0.25) is 15.8 Å². The molecule has 0 bridgehead atoms. The van der Waals surface area contributed by atoms with Gasteiger partial charge in [0.25, 0.3) is 0 Å². The standard InChI is InChI=1S/C31H30F6N4O8S/c32-30(33,34)28(42)48-24-11-10-23(27(38)39)25(49-29(43)31(35,36)37)26(24)46-17-19(41-50(44,45)22-4-2-1-3-5-22)16-18-6-8-20(9-7-18)47-21-12-14-40-15-13-21/h1-11,19,21,40-41H,12-17H2,(H3,38,39)/t19-/m0/s1.